The number of nitrogens with zero attached hydrogens (tertiary/aromatic N) is 2. The van der Waals surface area contributed by atoms with Gasteiger partial charge in [-0.2, -0.15) is 4.37 Å². The molecule has 0 bridgehead atoms. The van der Waals surface area contributed by atoms with E-state index < -0.39 is 12.0 Å². The van der Waals surface area contributed by atoms with Crippen molar-refractivity contribution in [3.05, 3.63) is 39.4 Å². The zero-order valence-electron chi connectivity index (χ0n) is 16.3. The Bertz CT molecular complexity index is 924. The number of nitrogens with one attached hydrogen (secondary N) is 2. The van der Waals surface area contributed by atoms with Crippen molar-refractivity contribution in [3.63, 3.8) is 0 Å². The number of hydrogen-bond donors (Lipinski definition) is 3. The summed E-state index contributed by atoms with van der Waals surface area (Å²) in [5, 5.41) is 15.8. The van der Waals surface area contributed by atoms with E-state index >= 15 is 0 Å². The zero-order valence-corrected chi connectivity index (χ0v) is 18.6. The molecule has 1 atom stereocenters. The lowest BCUT2D eigenvalue weighted by molar-refractivity contribution is 0.0693. The van der Waals surface area contributed by atoms with Gasteiger partial charge < -0.3 is 15.2 Å². The van der Waals surface area contributed by atoms with Gasteiger partial charge in [0.25, 0.3) is 0 Å². The molecule has 1 aromatic heterocycles. The molecule has 2 amide bonds. The van der Waals surface area contributed by atoms with Gasteiger partial charge in [-0.15, -0.1) is 0 Å². The third kappa shape index (κ3) is 5.34. The summed E-state index contributed by atoms with van der Waals surface area (Å²) < 4.78 is 9.58. The maximum Gasteiger partial charge on any atom is 0.344 e. The highest BCUT2D eigenvalue weighted by molar-refractivity contribution is 7.11. The summed E-state index contributed by atoms with van der Waals surface area (Å²) in [6, 6.07) is 4.89. The Morgan fingerprint density at radius 2 is 2.20 bits per heavy atom. The summed E-state index contributed by atoms with van der Waals surface area (Å²) in [6.45, 7) is 4.54. The number of carboxylic acids is 1. The number of rotatable bonds is 8. The van der Waals surface area contributed by atoms with E-state index in [1.165, 1.54) is 0 Å². The summed E-state index contributed by atoms with van der Waals surface area (Å²) in [5.74, 6) is -1.34. The van der Waals surface area contributed by atoms with Crippen molar-refractivity contribution in [1.29, 1.82) is 0 Å². The molecule has 0 radical (unpaired) electrons. The monoisotopic (exact) mass is 472 g/mol. The number of carbonyl (C=O) groups excluding carboxylic acids is 1. The second-order valence-corrected chi connectivity index (χ2v) is 8.32. The molecule has 2 heterocycles. The number of likely N-dealkylation sites (N-methyl/N-ethyl adjacent to an activating group) is 1. The second-order valence-electron chi connectivity index (χ2n) is 6.76. The van der Waals surface area contributed by atoms with Crippen molar-refractivity contribution in [2.45, 2.75) is 32.4 Å². The van der Waals surface area contributed by atoms with Crippen LogP contribution in [0.15, 0.2) is 18.2 Å². The molecule has 1 aromatic carbocycles. The van der Waals surface area contributed by atoms with Gasteiger partial charge in [0, 0.05) is 18.2 Å². The second kappa shape index (κ2) is 10.3. The van der Waals surface area contributed by atoms with Crippen molar-refractivity contribution in [3.8, 4) is 5.88 Å². The Labute approximate surface area is 188 Å². The largest absolute Gasteiger partial charge is 0.477 e. The molecule has 3 rings (SSSR count). The van der Waals surface area contributed by atoms with Crippen molar-refractivity contribution >= 4 is 51.7 Å². The van der Waals surface area contributed by atoms with Gasteiger partial charge in [0.2, 0.25) is 5.88 Å². The number of halogens is 2. The molecule has 0 spiro atoms. The molecule has 0 aliphatic carbocycles. The van der Waals surface area contributed by atoms with Crippen LogP contribution >= 0.6 is 34.7 Å². The molecule has 30 heavy (non-hydrogen) atoms. The van der Waals surface area contributed by atoms with Gasteiger partial charge >= 0.3 is 12.0 Å². The van der Waals surface area contributed by atoms with Crippen LogP contribution in [0.3, 0.4) is 0 Å². The van der Waals surface area contributed by atoms with Gasteiger partial charge in [-0.1, -0.05) is 42.3 Å². The standard InChI is InChI=1S/C19H22Cl2N4O4S/c1-2-25-8-4-6-12(25)9-22-19(28)23-17-14(18(26)27)16(24-30-17)29-10-11-5-3-7-13(20)15(11)21/h3,5,7,12H,2,4,6,8-10H2,1H3,(H,26,27)(H2,22,23,28). The highest BCUT2D eigenvalue weighted by atomic mass is 35.5. The van der Waals surface area contributed by atoms with Crippen LogP contribution in [0.2, 0.25) is 10.0 Å². The third-order valence-corrected chi connectivity index (χ3v) is 6.51. The number of ether oxygens (including phenoxy) is 1. The Kier molecular flexibility index (Phi) is 7.76. The molecule has 3 N–H and O–H groups in total. The minimum atomic E-state index is -1.25. The highest BCUT2D eigenvalue weighted by Crippen LogP contribution is 2.32. The number of aromatic nitrogens is 1. The molecule has 1 fully saturated rings. The van der Waals surface area contributed by atoms with E-state index in [9.17, 15) is 14.7 Å². The third-order valence-electron chi connectivity index (χ3n) is 4.90. The SMILES string of the molecule is CCN1CCCC1CNC(=O)Nc1snc(OCc2cccc(Cl)c2Cl)c1C(=O)O. The molecular formula is C19H22Cl2N4O4S. The lowest BCUT2D eigenvalue weighted by atomic mass is 10.2. The van der Waals surface area contributed by atoms with Crippen LogP contribution in [0.5, 0.6) is 5.88 Å². The lowest BCUT2D eigenvalue weighted by Crippen LogP contribution is -2.41. The van der Waals surface area contributed by atoms with Crippen molar-refractivity contribution in [2.75, 3.05) is 25.0 Å². The molecule has 2 aromatic rings. The van der Waals surface area contributed by atoms with E-state index in [1.54, 1.807) is 18.2 Å². The lowest BCUT2D eigenvalue weighted by Gasteiger charge is -2.22. The molecule has 1 aliphatic rings. The highest BCUT2D eigenvalue weighted by Gasteiger charge is 2.26. The predicted octanol–water partition coefficient (Wildman–Crippen LogP) is 4.33. The number of benzene rings is 1. The molecule has 1 unspecified atom stereocenters. The van der Waals surface area contributed by atoms with Crippen LogP contribution in [-0.4, -0.2) is 52.1 Å². The molecule has 1 aliphatic heterocycles. The average molecular weight is 473 g/mol. The summed E-state index contributed by atoms with van der Waals surface area (Å²) in [4.78, 5) is 26.3. The Morgan fingerprint density at radius 3 is 2.93 bits per heavy atom. The van der Waals surface area contributed by atoms with Gasteiger partial charge in [0.15, 0.2) is 5.56 Å². The first kappa shape index (κ1) is 22.6. The van der Waals surface area contributed by atoms with Crippen LogP contribution in [-0.2, 0) is 6.61 Å². The van der Waals surface area contributed by atoms with Gasteiger partial charge in [-0.3, -0.25) is 10.2 Å². The van der Waals surface area contributed by atoms with E-state index in [4.69, 9.17) is 27.9 Å². The van der Waals surface area contributed by atoms with Crippen LogP contribution in [0, 0.1) is 0 Å². The average Bonchev–Trinajstić information content (AvgIpc) is 3.33. The topological polar surface area (TPSA) is 104 Å². The van der Waals surface area contributed by atoms with Gasteiger partial charge in [-0.25, -0.2) is 9.59 Å². The maximum atomic E-state index is 12.3. The fourth-order valence-corrected chi connectivity index (χ4v) is 4.45. The molecule has 0 saturated carbocycles. The summed E-state index contributed by atoms with van der Waals surface area (Å²) in [7, 11) is 0. The summed E-state index contributed by atoms with van der Waals surface area (Å²) in [5.41, 5.74) is 0.391. The van der Waals surface area contributed by atoms with E-state index in [-0.39, 0.29) is 23.1 Å². The smallest absolute Gasteiger partial charge is 0.344 e. The fraction of sp³-hybridized carbons (Fsp3) is 0.421. The van der Waals surface area contributed by atoms with E-state index in [1.807, 2.05) is 0 Å². The zero-order chi connectivity index (χ0) is 21.7. The fourth-order valence-electron chi connectivity index (χ4n) is 3.35. The maximum absolute atomic E-state index is 12.3. The van der Waals surface area contributed by atoms with E-state index in [0.29, 0.717) is 28.2 Å². The van der Waals surface area contributed by atoms with Crippen molar-refractivity contribution in [1.82, 2.24) is 14.6 Å². The van der Waals surface area contributed by atoms with Crippen LogP contribution < -0.4 is 15.4 Å². The van der Waals surface area contributed by atoms with E-state index in [0.717, 1.165) is 37.5 Å². The number of likely N-dealkylation sites (tertiary alicyclic amines) is 1. The van der Waals surface area contributed by atoms with Crippen molar-refractivity contribution < 1.29 is 19.4 Å². The molecule has 162 valence electrons. The van der Waals surface area contributed by atoms with Crippen LogP contribution in [0.1, 0.15) is 35.7 Å². The van der Waals surface area contributed by atoms with Crippen LogP contribution in [0.25, 0.3) is 0 Å². The Morgan fingerprint density at radius 1 is 1.40 bits per heavy atom. The number of hydrogen-bond acceptors (Lipinski definition) is 6. The van der Waals surface area contributed by atoms with Crippen LogP contribution in [0.4, 0.5) is 9.80 Å². The first-order chi connectivity index (χ1) is 14.4. The number of carbonyl (C=O) groups is 2. The number of urea groups is 1. The molecule has 11 heteroatoms. The summed E-state index contributed by atoms with van der Waals surface area (Å²) in [6.07, 6.45) is 2.14. The van der Waals surface area contributed by atoms with Gasteiger partial charge in [0.1, 0.15) is 11.6 Å². The number of anilines is 1. The Balaban J connectivity index is 1.63. The number of amides is 2. The quantitative estimate of drug-likeness (QED) is 0.527. The molecular weight excluding hydrogens is 451 g/mol. The number of carboxylic acid groups (broad SMARTS) is 1. The van der Waals surface area contributed by atoms with Crippen molar-refractivity contribution in [2.24, 2.45) is 0 Å². The number of aromatic carboxylic acids is 1. The predicted molar refractivity (Wildman–Crippen MR) is 117 cm³/mol. The normalized spacial score (nSPS) is 16.4. The first-order valence-corrected chi connectivity index (χ1v) is 11.0. The minimum Gasteiger partial charge on any atom is -0.477 e. The van der Waals surface area contributed by atoms with Gasteiger partial charge in [0.05, 0.1) is 10.0 Å². The minimum absolute atomic E-state index is 0.0103. The first-order valence-electron chi connectivity index (χ1n) is 9.48. The molecule has 8 nitrogen and oxygen atoms in total. The van der Waals surface area contributed by atoms with E-state index in [2.05, 4.69) is 26.8 Å². The molecule has 1 saturated heterocycles. The summed E-state index contributed by atoms with van der Waals surface area (Å²) >= 11 is 13.0. The van der Waals surface area contributed by atoms with Gasteiger partial charge in [-0.05, 0) is 43.5 Å². The Hall–Kier alpha value is -2.07.